The van der Waals surface area contributed by atoms with Gasteiger partial charge >= 0.3 is 0 Å². The first-order valence-corrected chi connectivity index (χ1v) is 7.21. The van der Waals surface area contributed by atoms with Crippen molar-refractivity contribution in [1.82, 2.24) is 19.9 Å². The number of nitrogens with one attached hydrogen (secondary N) is 1. The average Bonchev–Trinajstić information content (AvgIpc) is 3.04. The van der Waals surface area contributed by atoms with Crippen LogP contribution in [0.2, 0.25) is 0 Å². The highest BCUT2D eigenvalue weighted by Gasteiger charge is 2.07. The molecule has 3 rings (SSSR count). The van der Waals surface area contributed by atoms with Gasteiger partial charge in [0, 0.05) is 18.0 Å². The molecule has 0 radical (unpaired) electrons. The molecule has 7 heteroatoms. The summed E-state index contributed by atoms with van der Waals surface area (Å²) in [6, 6.07) is 5.80. The third kappa shape index (κ3) is 2.45. The minimum absolute atomic E-state index is 0.460. The lowest BCUT2D eigenvalue weighted by molar-refractivity contribution is 0.871. The van der Waals surface area contributed by atoms with Crippen LogP contribution in [0.25, 0.3) is 11.4 Å². The third-order valence-electron chi connectivity index (χ3n) is 2.78. The number of rotatable bonds is 3. The van der Waals surface area contributed by atoms with Crippen molar-refractivity contribution in [3.63, 3.8) is 0 Å². The van der Waals surface area contributed by atoms with E-state index in [4.69, 9.17) is 12.2 Å². The van der Waals surface area contributed by atoms with E-state index < -0.39 is 0 Å². The van der Waals surface area contributed by atoms with E-state index in [1.807, 2.05) is 17.5 Å². The summed E-state index contributed by atoms with van der Waals surface area (Å²) < 4.78 is 2.08. The molecule has 3 aromatic rings. The molecule has 0 aromatic carbocycles. The van der Waals surface area contributed by atoms with E-state index in [0.29, 0.717) is 10.6 Å². The number of aromatic nitrogens is 4. The molecule has 0 unspecified atom stereocenters. The van der Waals surface area contributed by atoms with Crippen molar-refractivity contribution >= 4 is 29.8 Å². The third-order valence-corrected chi connectivity index (χ3v) is 4.00. The Hall–Kier alpha value is -2.12. The van der Waals surface area contributed by atoms with E-state index in [0.717, 1.165) is 10.4 Å². The number of thiophene rings is 1. The van der Waals surface area contributed by atoms with E-state index in [9.17, 15) is 0 Å². The Morgan fingerprint density at radius 3 is 2.85 bits per heavy atom. The van der Waals surface area contributed by atoms with Gasteiger partial charge in [-0.2, -0.15) is 14.9 Å². The lowest BCUT2D eigenvalue weighted by atomic mass is 10.2. The largest absolute Gasteiger partial charge is 0.265 e. The summed E-state index contributed by atoms with van der Waals surface area (Å²) in [6.45, 7) is 2.05. The monoisotopic (exact) mass is 301 g/mol. The number of hydrogen-bond acceptors (Lipinski definition) is 5. The maximum absolute atomic E-state index is 5.22. The Bertz CT molecular complexity index is 798. The molecule has 3 heterocycles. The van der Waals surface area contributed by atoms with Gasteiger partial charge in [-0.3, -0.25) is 4.98 Å². The van der Waals surface area contributed by atoms with Crippen LogP contribution in [-0.4, -0.2) is 26.1 Å². The maximum Gasteiger partial charge on any atom is 0.216 e. The van der Waals surface area contributed by atoms with Crippen molar-refractivity contribution in [2.24, 2.45) is 5.10 Å². The fraction of sp³-hybridized carbons (Fsp3) is 0.0769. The molecule has 0 fully saturated rings. The zero-order chi connectivity index (χ0) is 13.9. The molecule has 0 aliphatic heterocycles. The highest BCUT2D eigenvalue weighted by molar-refractivity contribution is 7.71. The first-order valence-electron chi connectivity index (χ1n) is 5.92. The molecule has 0 aliphatic carbocycles. The summed E-state index contributed by atoms with van der Waals surface area (Å²) in [4.78, 5) is 5.10. The van der Waals surface area contributed by atoms with E-state index in [1.165, 1.54) is 5.56 Å². The van der Waals surface area contributed by atoms with Crippen LogP contribution in [0.3, 0.4) is 0 Å². The van der Waals surface area contributed by atoms with Gasteiger partial charge in [0.2, 0.25) is 4.77 Å². The van der Waals surface area contributed by atoms with Gasteiger partial charge in [-0.1, -0.05) is 0 Å². The minimum atomic E-state index is 0.460. The standard InChI is InChI=1S/C13H11N5S2/c1-9-4-7-20-11(9)8-15-18-12(16-17-13(18)19)10-2-5-14-6-3-10/h2-8H,1H3,(H,17,19). The van der Waals surface area contributed by atoms with Crippen molar-refractivity contribution in [3.8, 4) is 11.4 Å². The van der Waals surface area contributed by atoms with Crippen LogP contribution in [0, 0.1) is 11.7 Å². The highest BCUT2D eigenvalue weighted by atomic mass is 32.1. The summed E-state index contributed by atoms with van der Waals surface area (Å²) >= 11 is 6.86. The van der Waals surface area contributed by atoms with E-state index >= 15 is 0 Å². The SMILES string of the molecule is Cc1ccsc1C=Nn1c(-c2ccncc2)n[nH]c1=S. The molecule has 0 spiro atoms. The van der Waals surface area contributed by atoms with Crippen LogP contribution in [-0.2, 0) is 0 Å². The molecule has 0 atom stereocenters. The van der Waals surface area contributed by atoms with Gasteiger partial charge in [-0.05, 0) is 48.3 Å². The Balaban J connectivity index is 2.03. The van der Waals surface area contributed by atoms with Gasteiger partial charge in [-0.15, -0.1) is 11.3 Å². The second-order valence-corrected chi connectivity index (χ2v) is 5.45. The summed E-state index contributed by atoms with van der Waals surface area (Å²) in [7, 11) is 0. The molecule has 1 N–H and O–H groups in total. The van der Waals surface area contributed by atoms with Gasteiger partial charge in [0.1, 0.15) is 0 Å². The normalized spacial score (nSPS) is 11.2. The Labute approximate surface area is 124 Å². The molecule has 100 valence electrons. The molecule has 5 nitrogen and oxygen atoms in total. The summed E-state index contributed by atoms with van der Waals surface area (Å²) in [5.41, 5.74) is 2.10. The maximum atomic E-state index is 5.22. The Morgan fingerprint density at radius 2 is 2.15 bits per heavy atom. The smallest absolute Gasteiger partial charge is 0.216 e. The van der Waals surface area contributed by atoms with Gasteiger partial charge in [0.15, 0.2) is 5.82 Å². The zero-order valence-corrected chi connectivity index (χ0v) is 12.3. The lowest BCUT2D eigenvalue weighted by Crippen LogP contribution is -1.94. The van der Waals surface area contributed by atoms with Crippen LogP contribution in [0.1, 0.15) is 10.4 Å². The molecule has 0 bridgehead atoms. The Morgan fingerprint density at radius 1 is 1.35 bits per heavy atom. The van der Waals surface area contributed by atoms with Gasteiger partial charge in [0.05, 0.1) is 11.1 Å². The summed E-state index contributed by atoms with van der Waals surface area (Å²) in [6.07, 6.45) is 5.23. The van der Waals surface area contributed by atoms with E-state index in [1.54, 1.807) is 34.6 Å². The predicted molar refractivity (Wildman–Crippen MR) is 82.7 cm³/mol. The molecule has 0 saturated carbocycles. The predicted octanol–water partition coefficient (Wildman–Crippen LogP) is 3.25. The molecule has 20 heavy (non-hydrogen) atoms. The quantitative estimate of drug-likeness (QED) is 0.597. The van der Waals surface area contributed by atoms with Crippen LogP contribution in [0.5, 0.6) is 0 Å². The fourth-order valence-corrected chi connectivity index (χ4v) is 2.67. The average molecular weight is 301 g/mol. The lowest BCUT2D eigenvalue weighted by Gasteiger charge is -1.99. The fourth-order valence-electron chi connectivity index (χ4n) is 1.71. The van der Waals surface area contributed by atoms with Crippen molar-refractivity contribution < 1.29 is 0 Å². The minimum Gasteiger partial charge on any atom is -0.265 e. The molecule has 0 saturated heterocycles. The molecule has 3 aromatic heterocycles. The number of aryl methyl sites for hydroxylation is 1. The highest BCUT2D eigenvalue weighted by Crippen LogP contribution is 2.17. The topological polar surface area (TPSA) is 58.9 Å². The van der Waals surface area contributed by atoms with Crippen molar-refractivity contribution in [2.45, 2.75) is 6.92 Å². The zero-order valence-electron chi connectivity index (χ0n) is 10.6. The van der Waals surface area contributed by atoms with Gasteiger partial charge in [-0.25, -0.2) is 5.10 Å². The van der Waals surface area contributed by atoms with Crippen LogP contribution in [0.4, 0.5) is 0 Å². The van der Waals surface area contributed by atoms with Gasteiger partial charge in [0.25, 0.3) is 0 Å². The number of nitrogens with zero attached hydrogens (tertiary/aromatic N) is 4. The first-order chi connectivity index (χ1) is 9.75. The molecule has 0 amide bonds. The molecular formula is C13H11N5S2. The number of pyridine rings is 1. The van der Waals surface area contributed by atoms with Crippen LogP contribution < -0.4 is 0 Å². The number of aromatic amines is 1. The molecule has 0 aliphatic rings. The van der Waals surface area contributed by atoms with Crippen molar-refractivity contribution in [2.75, 3.05) is 0 Å². The second kappa shape index (κ2) is 5.48. The number of hydrogen-bond donors (Lipinski definition) is 1. The number of H-pyrrole nitrogens is 1. The van der Waals surface area contributed by atoms with Gasteiger partial charge < -0.3 is 0 Å². The van der Waals surface area contributed by atoms with Crippen molar-refractivity contribution in [1.29, 1.82) is 0 Å². The summed E-state index contributed by atoms with van der Waals surface area (Å²) in [5, 5.41) is 13.4. The van der Waals surface area contributed by atoms with Crippen LogP contribution in [0.15, 0.2) is 41.1 Å². The van der Waals surface area contributed by atoms with E-state index in [2.05, 4.69) is 33.3 Å². The Kier molecular flexibility index (Phi) is 3.53. The summed E-state index contributed by atoms with van der Waals surface area (Å²) in [5.74, 6) is 0.669. The molecular weight excluding hydrogens is 290 g/mol. The van der Waals surface area contributed by atoms with Crippen LogP contribution >= 0.6 is 23.6 Å². The van der Waals surface area contributed by atoms with Crippen molar-refractivity contribution in [3.05, 3.63) is 51.2 Å². The first kappa shape index (κ1) is 12.9. The van der Waals surface area contributed by atoms with E-state index in [-0.39, 0.29) is 0 Å². The second-order valence-electron chi connectivity index (χ2n) is 4.11.